The summed E-state index contributed by atoms with van der Waals surface area (Å²) in [5.41, 5.74) is 4.88. The first-order valence-electron chi connectivity index (χ1n) is 6.57. The van der Waals surface area contributed by atoms with E-state index in [-0.39, 0.29) is 30.6 Å². The van der Waals surface area contributed by atoms with Gasteiger partial charge in [0.1, 0.15) is 18.4 Å². The minimum absolute atomic E-state index is 0. The van der Waals surface area contributed by atoms with E-state index in [9.17, 15) is 4.79 Å². The Morgan fingerprint density at radius 3 is 2.77 bits per heavy atom. The van der Waals surface area contributed by atoms with E-state index in [1.807, 2.05) is 61.1 Å². The van der Waals surface area contributed by atoms with E-state index >= 15 is 0 Å². The summed E-state index contributed by atoms with van der Waals surface area (Å²) in [5.74, 6) is 0. The second-order valence-electron chi connectivity index (χ2n) is 4.70. The smallest absolute Gasteiger partial charge is 0.411 e. The van der Waals surface area contributed by atoms with Crippen molar-refractivity contribution in [3.63, 3.8) is 0 Å². The van der Waals surface area contributed by atoms with Crippen LogP contribution in [0.2, 0.25) is 0 Å². The number of benzene rings is 2. The first kappa shape index (κ1) is 16.7. The maximum Gasteiger partial charge on any atom is 0.411 e. The van der Waals surface area contributed by atoms with Crippen LogP contribution in [-0.4, -0.2) is 6.09 Å². The molecule has 0 radical (unpaired) electrons. The van der Waals surface area contributed by atoms with Crippen LogP contribution >= 0.6 is 11.3 Å². The van der Waals surface area contributed by atoms with Crippen molar-refractivity contribution in [2.75, 3.05) is 5.32 Å². The molecule has 0 bridgehead atoms. The predicted octanol–water partition coefficient (Wildman–Crippen LogP) is 0.478. The molecule has 22 heavy (non-hydrogen) atoms. The number of hydrogen-bond acceptors (Lipinski definition) is 3. The fourth-order valence-corrected chi connectivity index (χ4v) is 2.96. The van der Waals surface area contributed by atoms with E-state index in [4.69, 9.17) is 4.74 Å². The highest BCUT2D eigenvalue weighted by Crippen LogP contribution is 2.20. The Hall–Kier alpha value is -1.67. The molecule has 1 amide bonds. The van der Waals surface area contributed by atoms with Crippen molar-refractivity contribution in [1.82, 2.24) is 0 Å². The number of anilines is 1. The molecule has 0 aliphatic rings. The Bertz CT molecular complexity index is 774. The van der Waals surface area contributed by atoms with Gasteiger partial charge in [0.05, 0.1) is 0 Å². The first-order valence-corrected chi connectivity index (χ1v) is 7.45. The highest BCUT2D eigenvalue weighted by molar-refractivity contribution is 7.16. The number of carbonyl (C=O) groups is 1. The molecule has 0 unspecified atom stereocenters. The van der Waals surface area contributed by atoms with Crippen LogP contribution in [0.15, 0.2) is 54.0 Å². The largest absolute Gasteiger partial charge is 1.00 e. The number of nitrogens with one attached hydrogen (secondary N) is 1. The molecule has 6 heteroatoms. The van der Waals surface area contributed by atoms with Gasteiger partial charge in [-0.1, -0.05) is 41.7 Å². The van der Waals surface area contributed by atoms with Crippen molar-refractivity contribution in [2.24, 2.45) is 7.05 Å². The summed E-state index contributed by atoms with van der Waals surface area (Å²) >= 11 is 1.64. The lowest BCUT2D eigenvalue weighted by atomic mass is 10.2. The van der Waals surface area contributed by atoms with Crippen LogP contribution in [0.3, 0.4) is 0 Å². The predicted molar refractivity (Wildman–Crippen MR) is 83.3 cm³/mol. The number of thiazole rings is 1. The normalized spacial score (nSPS) is 10.0. The van der Waals surface area contributed by atoms with Crippen LogP contribution in [0.4, 0.5) is 10.5 Å². The van der Waals surface area contributed by atoms with Crippen LogP contribution < -0.4 is 33.9 Å². The molecular weight excluding hydrogens is 411 g/mol. The van der Waals surface area contributed by atoms with Gasteiger partial charge in [-0.15, -0.1) is 0 Å². The van der Waals surface area contributed by atoms with E-state index in [1.54, 1.807) is 11.3 Å². The van der Waals surface area contributed by atoms with Gasteiger partial charge in [-0.25, -0.2) is 4.79 Å². The molecule has 0 aliphatic heterocycles. The summed E-state index contributed by atoms with van der Waals surface area (Å²) in [7, 11) is 2.00. The fraction of sp³-hybridized carbons (Fsp3) is 0.125. The van der Waals surface area contributed by atoms with Crippen molar-refractivity contribution >= 4 is 33.3 Å². The molecule has 0 saturated heterocycles. The van der Waals surface area contributed by atoms with E-state index in [0.29, 0.717) is 0 Å². The third-order valence-corrected chi connectivity index (χ3v) is 4.14. The molecule has 3 aromatic rings. The Labute approximate surface area is 149 Å². The van der Waals surface area contributed by atoms with Gasteiger partial charge in [0, 0.05) is 11.8 Å². The van der Waals surface area contributed by atoms with Gasteiger partial charge in [-0.05, 0) is 17.7 Å². The van der Waals surface area contributed by atoms with Crippen molar-refractivity contribution in [3.05, 3.63) is 59.6 Å². The Balaban J connectivity index is 0.00000176. The summed E-state index contributed by atoms with van der Waals surface area (Å²) in [6.07, 6.45) is -0.445. The molecular formula is C16H15IN2O2S. The number of fused-ring (bicyclic) bond motifs is 1. The summed E-state index contributed by atoms with van der Waals surface area (Å²) < 4.78 is 8.37. The molecule has 4 nitrogen and oxygen atoms in total. The van der Waals surface area contributed by atoms with Crippen molar-refractivity contribution in [2.45, 2.75) is 6.61 Å². The van der Waals surface area contributed by atoms with Gasteiger partial charge in [-0.3, -0.25) is 5.32 Å². The lowest BCUT2D eigenvalue weighted by Crippen LogP contribution is -3.00. The van der Waals surface area contributed by atoms with Crippen LogP contribution in [0.1, 0.15) is 5.56 Å². The number of hydrogen-bond donors (Lipinski definition) is 1. The zero-order chi connectivity index (χ0) is 14.7. The summed E-state index contributed by atoms with van der Waals surface area (Å²) in [4.78, 5) is 11.8. The Morgan fingerprint density at radius 1 is 1.23 bits per heavy atom. The van der Waals surface area contributed by atoms with Crippen LogP contribution in [0.25, 0.3) is 10.2 Å². The molecule has 1 N–H and O–H groups in total. The Kier molecular flexibility index (Phi) is 5.73. The maximum atomic E-state index is 11.8. The number of carbonyl (C=O) groups excluding carboxylic acids is 1. The van der Waals surface area contributed by atoms with E-state index in [0.717, 1.165) is 21.5 Å². The number of amides is 1. The highest BCUT2D eigenvalue weighted by Gasteiger charge is 2.10. The SMILES string of the molecule is C[n+]1csc2cc(NC(=O)OCc3ccccc3)ccc21.[I-]. The molecule has 3 rings (SSSR count). The second-order valence-corrected chi connectivity index (χ2v) is 5.59. The lowest BCUT2D eigenvalue weighted by molar-refractivity contribution is -0.640. The van der Waals surface area contributed by atoms with E-state index in [2.05, 4.69) is 9.88 Å². The number of nitrogens with zero attached hydrogens (tertiary/aromatic N) is 1. The van der Waals surface area contributed by atoms with Gasteiger partial charge in [0.2, 0.25) is 11.0 Å². The molecule has 1 aromatic heterocycles. The monoisotopic (exact) mass is 426 g/mol. The standard InChI is InChI=1S/C16H14N2O2S.HI/c1-18-11-21-15-9-13(7-8-14(15)18)17-16(19)20-10-12-5-3-2-4-6-12;/h2-9,11H,10H2,1H3;1H. The van der Waals surface area contributed by atoms with Gasteiger partial charge in [0.25, 0.3) is 0 Å². The molecule has 0 fully saturated rings. The number of aryl methyl sites for hydroxylation is 1. The Morgan fingerprint density at radius 2 is 2.00 bits per heavy atom. The van der Waals surface area contributed by atoms with Crippen LogP contribution in [-0.2, 0) is 18.4 Å². The molecule has 1 heterocycles. The third kappa shape index (κ3) is 3.95. The average Bonchev–Trinajstić information content (AvgIpc) is 2.87. The van der Waals surface area contributed by atoms with Crippen LogP contribution in [0, 0.1) is 0 Å². The lowest BCUT2D eigenvalue weighted by Gasteiger charge is -2.06. The zero-order valence-electron chi connectivity index (χ0n) is 12.0. The number of rotatable bonds is 3. The fourth-order valence-electron chi connectivity index (χ4n) is 2.05. The van der Waals surface area contributed by atoms with Gasteiger partial charge < -0.3 is 28.7 Å². The molecule has 0 spiro atoms. The highest BCUT2D eigenvalue weighted by atomic mass is 127. The molecule has 0 atom stereocenters. The molecule has 2 aromatic carbocycles. The summed E-state index contributed by atoms with van der Waals surface area (Å²) in [5, 5.41) is 2.75. The maximum absolute atomic E-state index is 11.8. The van der Waals surface area contributed by atoms with Crippen molar-refractivity contribution < 1.29 is 38.1 Å². The minimum atomic E-state index is -0.445. The summed E-state index contributed by atoms with van der Waals surface area (Å²) in [6.45, 7) is 0.267. The van der Waals surface area contributed by atoms with Crippen molar-refractivity contribution in [3.8, 4) is 0 Å². The van der Waals surface area contributed by atoms with Crippen LogP contribution in [0.5, 0.6) is 0 Å². The van der Waals surface area contributed by atoms with Gasteiger partial charge >= 0.3 is 6.09 Å². The minimum Gasteiger partial charge on any atom is -1.00 e. The zero-order valence-corrected chi connectivity index (χ0v) is 14.9. The topological polar surface area (TPSA) is 42.2 Å². The second kappa shape index (κ2) is 7.55. The van der Waals surface area contributed by atoms with Gasteiger partial charge in [0.15, 0.2) is 0 Å². The van der Waals surface area contributed by atoms with E-state index in [1.165, 1.54) is 0 Å². The molecule has 114 valence electrons. The average molecular weight is 426 g/mol. The number of halogens is 1. The summed E-state index contributed by atoms with van der Waals surface area (Å²) in [6, 6.07) is 15.4. The first-order chi connectivity index (χ1) is 10.2. The number of ether oxygens (including phenoxy) is 1. The number of aromatic nitrogens is 1. The van der Waals surface area contributed by atoms with Crippen molar-refractivity contribution in [1.29, 1.82) is 0 Å². The van der Waals surface area contributed by atoms with E-state index < -0.39 is 6.09 Å². The quantitative estimate of drug-likeness (QED) is 0.489. The molecule has 0 aliphatic carbocycles. The molecule has 0 saturated carbocycles. The third-order valence-electron chi connectivity index (χ3n) is 3.14. The van der Waals surface area contributed by atoms with Gasteiger partial charge in [-0.2, -0.15) is 4.57 Å².